The summed E-state index contributed by atoms with van der Waals surface area (Å²) in [5.41, 5.74) is 1.17. The van der Waals surface area contributed by atoms with Crippen LogP contribution in [0.25, 0.3) is 0 Å². The molecule has 0 bridgehead atoms. The Labute approximate surface area is 126 Å². The molecule has 1 aromatic rings. The van der Waals surface area contributed by atoms with Crippen LogP contribution < -0.4 is 10.1 Å². The van der Waals surface area contributed by atoms with Crippen LogP contribution in [0.4, 0.5) is 5.69 Å². The lowest BCUT2D eigenvalue weighted by Gasteiger charge is -2.20. The number of hydrogen-bond donors (Lipinski definition) is 1. The Bertz CT molecular complexity index is 526. The van der Waals surface area contributed by atoms with Crippen molar-refractivity contribution < 1.29 is 9.53 Å². The number of ether oxygens (including phenoxy) is 1. The van der Waals surface area contributed by atoms with Gasteiger partial charge in [0.2, 0.25) is 5.91 Å². The minimum absolute atomic E-state index is 0.0694. The summed E-state index contributed by atoms with van der Waals surface area (Å²) in [5.74, 6) is 0.693. The minimum Gasteiger partial charge on any atom is -0.495 e. The van der Waals surface area contributed by atoms with Gasteiger partial charge in [-0.1, -0.05) is 32.1 Å². The number of carbonyl (C=O) groups excluding carboxylic acids is 1. The van der Waals surface area contributed by atoms with E-state index in [1.165, 1.54) is 19.3 Å². The van der Waals surface area contributed by atoms with Gasteiger partial charge in [0.25, 0.3) is 0 Å². The first-order valence-electron chi connectivity index (χ1n) is 7.63. The number of amides is 1. The van der Waals surface area contributed by atoms with Gasteiger partial charge in [0.1, 0.15) is 5.75 Å². The van der Waals surface area contributed by atoms with Gasteiger partial charge in [-0.15, -0.1) is 0 Å². The van der Waals surface area contributed by atoms with Crippen LogP contribution in [0.2, 0.25) is 0 Å². The van der Waals surface area contributed by atoms with Crippen LogP contribution in [0.15, 0.2) is 18.2 Å². The summed E-state index contributed by atoms with van der Waals surface area (Å²) in [6, 6.07) is 7.14. The van der Waals surface area contributed by atoms with Crippen molar-refractivity contribution in [1.82, 2.24) is 0 Å². The summed E-state index contributed by atoms with van der Waals surface area (Å²) in [6.45, 7) is 0. The maximum absolute atomic E-state index is 12.4. The summed E-state index contributed by atoms with van der Waals surface area (Å²) >= 11 is 0. The summed E-state index contributed by atoms with van der Waals surface area (Å²) in [4.78, 5) is 12.4. The van der Waals surface area contributed by atoms with Crippen molar-refractivity contribution in [3.63, 3.8) is 0 Å². The number of nitriles is 1. The Balaban J connectivity index is 2.06. The molecule has 1 fully saturated rings. The van der Waals surface area contributed by atoms with Gasteiger partial charge < -0.3 is 10.1 Å². The molecule has 21 heavy (non-hydrogen) atoms. The van der Waals surface area contributed by atoms with E-state index in [9.17, 15) is 4.79 Å². The molecule has 0 radical (unpaired) electrons. The van der Waals surface area contributed by atoms with Crippen molar-refractivity contribution in [3.05, 3.63) is 23.8 Å². The third-order valence-corrected chi connectivity index (χ3v) is 4.06. The molecular formula is C17H22N2O2. The van der Waals surface area contributed by atoms with Crippen molar-refractivity contribution in [1.29, 1.82) is 5.26 Å². The van der Waals surface area contributed by atoms with Gasteiger partial charge in [-0.2, -0.15) is 5.26 Å². The molecule has 2 rings (SSSR count). The molecule has 1 N–H and O–H groups in total. The van der Waals surface area contributed by atoms with Crippen LogP contribution in [-0.4, -0.2) is 13.0 Å². The Morgan fingerprint density at radius 1 is 1.24 bits per heavy atom. The third-order valence-electron chi connectivity index (χ3n) is 4.06. The van der Waals surface area contributed by atoms with E-state index in [4.69, 9.17) is 10.00 Å². The predicted octanol–water partition coefficient (Wildman–Crippen LogP) is 3.87. The molecule has 4 nitrogen and oxygen atoms in total. The van der Waals surface area contributed by atoms with Gasteiger partial charge in [0.05, 0.1) is 24.4 Å². The van der Waals surface area contributed by atoms with Gasteiger partial charge in [-0.05, 0) is 25.0 Å². The van der Waals surface area contributed by atoms with Gasteiger partial charge in [0, 0.05) is 12.0 Å². The maximum atomic E-state index is 12.4. The van der Waals surface area contributed by atoms with Crippen LogP contribution >= 0.6 is 0 Å². The first-order valence-corrected chi connectivity index (χ1v) is 7.63. The molecule has 0 aliphatic heterocycles. The molecule has 1 aliphatic rings. The minimum atomic E-state index is 0.0694. The molecule has 0 spiro atoms. The van der Waals surface area contributed by atoms with Crippen LogP contribution in [0.3, 0.4) is 0 Å². The highest BCUT2D eigenvalue weighted by Crippen LogP contribution is 2.28. The fraction of sp³-hybridized carbons (Fsp3) is 0.529. The number of nitrogens with zero attached hydrogens (tertiary/aromatic N) is 1. The van der Waals surface area contributed by atoms with Crippen LogP contribution in [0, 0.1) is 17.2 Å². The second kappa shape index (κ2) is 7.68. The monoisotopic (exact) mass is 286 g/mol. The average molecular weight is 286 g/mol. The third kappa shape index (κ3) is 4.22. The fourth-order valence-corrected chi connectivity index (χ4v) is 2.82. The lowest BCUT2D eigenvalue weighted by atomic mass is 9.90. The molecule has 4 heteroatoms. The molecule has 0 atom stereocenters. The van der Waals surface area contributed by atoms with Crippen LogP contribution in [0.1, 0.15) is 50.5 Å². The van der Waals surface area contributed by atoms with Crippen molar-refractivity contribution >= 4 is 11.6 Å². The number of carbonyl (C=O) groups is 1. The zero-order valence-corrected chi connectivity index (χ0v) is 12.5. The van der Waals surface area contributed by atoms with E-state index in [-0.39, 0.29) is 11.8 Å². The van der Waals surface area contributed by atoms with Gasteiger partial charge in [0.15, 0.2) is 0 Å². The van der Waals surface area contributed by atoms with E-state index in [0.717, 1.165) is 25.7 Å². The molecule has 1 saturated carbocycles. The van der Waals surface area contributed by atoms with Crippen LogP contribution in [0.5, 0.6) is 5.75 Å². The zero-order chi connectivity index (χ0) is 15.1. The Kier molecular flexibility index (Phi) is 5.62. The maximum Gasteiger partial charge on any atom is 0.227 e. The molecule has 0 unspecified atom stereocenters. The first kappa shape index (κ1) is 15.4. The number of nitrogens with one attached hydrogen (secondary N) is 1. The number of anilines is 1. The molecule has 1 aliphatic carbocycles. The largest absolute Gasteiger partial charge is 0.495 e. The fourth-order valence-electron chi connectivity index (χ4n) is 2.82. The normalized spacial score (nSPS) is 16.4. The van der Waals surface area contributed by atoms with E-state index >= 15 is 0 Å². The highest BCUT2D eigenvalue weighted by atomic mass is 16.5. The topological polar surface area (TPSA) is 62.1 Å². The predicted molar refractivity (Wildman–Crippen MR) is 82.1 cm³/mol. The molecule has 0 aromatic heterocycles. The van der Waals surface area contributed by atoms with Crippen molar-refractivity contribution in [2.24, 2.45) is 5.92 Å². The Morgan fingerprint density at radius 3 is 2.52 bits per heavy atom. The highest BCUT2D eigenvalue weighted by Gasteiger charge is 2.20. The van der Waals surface area contributed by atoms with E-state index in [1.54, 1.807) is 25.3 Å². The molecule has 1 amide bonds. The van der Waals surface area contributed by atoms with Gasteiger partial charge >= 0.3 is 0 Å². The second-order valence-corrected chi connectivity index (χ2v) is 5.56. The lowest BCUT2D eigenvalue weighted by molar-refractivity contribution is -0.120. The number of hydrogen-bond acceptors (Lipinski definition) is 3. The van der Waals surface area contributed by atoms with Crippen molar-refractivity contribution in [2.75, 3.05) is 12.4 Å². The summed E-state index contributed by atoms with van der Waals surface area (Å²) in [5, 5.41) is 11.9. The highest BCUT2D eigenvalue weighted by molar-refractivity contribution is 5.94. The lowest BCUT2D eigenvalue weighted by Crippen LogP contribution is -2.23. The summed E-state index contributed by atoms with van der Waals surface area (Å²) in [6.07, 6.45) is 7.92. The number of benzene rings is 1. The smallest absolute Gasteiger partial charge is 0.227 e. The molecule has 1 aromatic carbocycles. The Morgan fingerprint density at radius 2 is 1.90 bits per heavy atom. The Hall–Kier alpha value is -2.02. The van der Waals surface area contributed by atoms with Gasteiger partial charge in [-0.3, -0.25) is 4.79 Å². The quantitative estimate of drug-likeness (QED) is 0.917. The zero-order valence-electron chi connectivity index (χ0n) is 12.5. The molecule has 0 heterocycles. The second-order valence-electron chi connectivity index (χ2n) is 5.56. The standard InChI is InChI=1S/C17H22N2O2/c1-21-16-11-13(12-18)9-10-15(16)19-17(20)14-7-5-3-2-4-6-8-14/h9-11,14H,2-8H2,1H3,(H,19,20). The average Bonchev–Trinajstić information content (AvgIpc) is 2.47. The molecule has 0 saturated heterocycles. The molecule has 112 valence electrons. The van der Waals surface area contributed by atoms with Crippen molar-refractivity contribution in [2.45, 2.75) is 44.9 Å². The number of rotatable bonds is 3. The number of methoxy groups -OCH3 is 1. The van der Waals surface area contributed by atoms with E-state index in [1.807, 2.05) is 0 Å². The summed E-state index contributed by atoms with van der Waals surface area (Å²) in [7, 11) is 1.54. The van der Waals surface area contributed by atoms with Gasteiger partial charge in [-0.25, -0.2) is 0 Å². The van der Waals surface area contributed by atoms with Crippen LogP contribution in [-0.2, 0) is 4.79 Å². The van der Waals surface area contributed by atoms with Crippen molar-refractivity contribution in [3.8, 4) is 11.8 Å². The van der Waals surface area contributed by atoms with E-state index < -0.39 is 0 Å². The summed E-state index contributed by atoms with van der Waals surface area (Å²) < 4.78 is 5.25. The SMILES string of the molecule is COc1cc(C#N)ccc1NC(=O)C1CCCCCCC1. The van der Waals surface area contributed by atoms with E-state index in [0.29, 0.717) is 17.0 Å². The van der Waals surface area contributed by atoms with E-state index in [2.05, 4.69) is 11.4 Å². The molecular weight excluding hydrogens is 264 g/mol. The first-order chi connectivity index (χ1) is 10.2.